The molecule has 0 fully saturated rings. The molecule has 42 valence electrons. The van der Waals surface area contributed by atoms with Crippen molar-refractivity contribution >= 4 is 0 Å². The van der Waals surface area contributed by atoms with Crippen molar-refractivity contribution in [1.29, 1.82) is 0 Å². The van der Waals surface area contributed by atoms with E-state index >= 15 is 0 Å². The normalized spacial score (nSPS) is 8.62. The molecule has 0 aliphatic carbocycles. The van der Waals surface area contributed by atoms with Gasteiger partial charge in [0.05, 0.1) is 0 Å². The molecule has 0 N–H and O–H groups in total. The standard InChI is InChI=1S/C6H8NO/c1-8-7-5-3-2-4-6-7/h2-6H,1H3/q+1. The first-order valence-corrected chi connectivity index (χ1v) is 2.44. The molecular formula is C6H8NO+. The van der Waals surface area contributed by atoms with Crippen LogP contribution in [-0.2, 0) is 0 Å². The van der Waals surface area contributed by atoms with E-state index in [0.29, 0.717) is 0 Å². The van der Waals surface area contributed by atoms with Gasteiger partial charge >= 0.3 is 0 Å². The van der Waals surface area contributed by atoms with Crippen molar-refractivity contribution in [1.82, 2.24) is 0 Å². The highest BCUT2D eigenvalue weighted by Gasteiger charge is 1.88. The van der Waals surface area contributed by atoms with Crippen molar-refractivity contribution < 1.29 is 9.57 Å². The molecule has 2 nitrogen and oxygen atoms in total. The third-order valence-electron chi connectivity index (χ3n) is 0.899. The van der Waals surface area contributed by atoms with Crippen molar-refractivity contribution in [3.63, 3.8) is 0 Å². The number of hydrogen-bond acceptors (Lipinski definition) is 1. The summed E-state index contributed by atoms with van der Waals surface area (Å²) in [5.74, 6) is 0. The third-order valence-corrected chi connectivity index (χ3v) is 0.899. The Bertz CT molecular complexity index is 150. The summed E-state index contributed by atoms with van der Waals surface area (Å²) in [6.45, 7) is 0. The molecule has 0 unspecified atom stereocenters. The average molecular weight is 110 g/mol. The van der Waals surface area contributed by atoms with Crippen LogP contribution in [0.2, 0.25) is 0 Å². The summed E-state index contributed by atoms with van der Waals surface area (Å²) >= 11 is 0. The van der Waals surface area contributed by atoms with Crippen molar-refractivity contribution in [3.05, 3.63) is 30.6 Å². The third kappa shape index (κ3) is 0.964. The van der Waals surface area contributed by atoms with Gasteiger partial charge in [-0.2, -0.15) is 0 Å². The highest BCUT2D eigenvalue weighted by molar-refractivity contribution is 4.83. The van der Waals surface area contributed by atoms with E-state index in [9.17, 15) is 0 Å². The van der Waals surface area contributed by atoms with Crippen LogP contribution in [0.4, 0.5) is 0 Å². The van der Waals surface area contributed by atoms with Crippen molar-refractivity contribution in [2.45, 2.75) is 0 Å². The lowest BCUT2D eigenvalue weighted by molar-refractivity contribution is -0.885. The predicted molar refractivity (Wildman–Crippen MR) is 29.1 cm³/mol. The minimum Gasteiger partial charge on any atom is -0.275 e. The van der Waals surface area contributed by atoms with Crippen LogP contribution in [0.15, 0.2) is 30.6 Å². The molecule has 0 spiro atoms. The first-order valence-electron chi connectivity index (χ1n) is 2.44. The fraction of sp³-hybridized carbons (Fsp3) is 0.167. The van der Waals surface area contributed by atoms with Gasteiger partial charge in [0, 0.05) is 16.9 Å². The fourth-order valence-electron chi connectivity index (χ4n) is 0.505. The van der Waals surface area contributed by atoms with Gasteiger partial charge in [-0.3, -0.25) is 4.84 Å². The van der Waals surface area contributed by atoms with E-state index in [4.69, 9.17) is 4.84 Å². The zero-order valence-corrected chi connectivity index (χ0v) is 4.74. The van der Waals surface area contributed by atoms with E-state index < -0.39 is 0 Å². The zero-order chi connectivity index (χ0) is 5.82. The van der Waals surface area contributed by atoms with Gasteiger partial charge in [0.15, 0.2) is 0 Å². The molecule has 1 heterocycles. The number of hydrogen-bond donors (Lipinski definition) is 0. The highest BCUT2D eigenvalue weighted by atomic mass is 16.6. The van der Waals surface area contributed by atoms with Gasteiger partial charge in [0.1, 0.15) is 7.11 Å². The molecule has 0 saturated carbocycles. The Hall–Kier alpha value is -1.05. The van der Waals surface area contributed by atoms with Gasteiger partial charge in [0.2, 0.25) is 12.4 Å². The minimum atomic E-state index is 1.62. The topological polar surface area (TPSA) is 13.1 Å². The Kier molecular flexibility index (Phi) is 1.47. The second-order valence-electron chi connectivity index (χ2n) is 1.42. The summed E-state index contributed by atoms with van der Waals surface area (Å²) in [5, 5.41) is 0. The van der Waals surface area contributed by atoms with Crippen LogP contribution in [0.1, 0.15) is 0 Å². The van der Waals surface area contributed by atoms with Crippen LogP contribution in [0.5, 0.6) is 0 Å². The van der Waals surface area contributed by atoms with Crippen molar-refractivity contribution in [2.24, 2.45) is 0 Å². The van der Waals surface area contributed by atoms with Crippen LogP contribution in [0.3, 0.4) is 0 Å². The molecule has 0 aromatic carbocycles. The molecule has 0 bridgehead atoms. The van der Waals surface area contributed by atoms with E-state index in [0.717, 1.165) is 0 Å². The maximum Gasteiger partial charge on any atom is 0.222 e. The first-order chi connectivity index (χ1) is 3.93. The molecule has 0 aliphatic rings. The smallest absolute Gasteiger partial charge is 0.222 e. The van der Waals surface area contributed by atoms with E-state index in [1.165, 1.54) is 0 Å². The quantitative estimate of drug-likeness (QED) is 0.465. The lowest BCUT2D eigenvalue weighted by atomic mass is 10.5. The van der Waals surface area contributed by atoms with E-state index in [-0.39, 0.29) is 0 Å². The Morgan fingerprint density at radius 2 is 1.75 bits per heavy atom. The largest absolute Gasteiger partial charge is 0.275 e. The number of pyridine rings is 1. The summed E-state index contributed by atoms with van der Waals surface area (Å²) in [6, 6.07) is 5.75. The molecule has 0 aliphatic heterocycles. The second kappa shape index (κ2) is 2.31. The van der Waals surface area contributed by atoms with Crippen LogP contribution < -0.4 is 9.57 Å². The summed E-state index contributed by atoms with van der Waals surface area (Å²) in [5.41, 5.74) is 0. The lowest BCUT2D eigenvalue weighted by Gasteiger charge is -1.84. The predicted octanol–water partition coefficient (Wildman–Crippen LogP) is 0.0325. The molecule has 0 amide bonds. The van der Waals surface area contributed by atoms with E-state index in [1.54, 1.807) is 11.8 Å². The molecule has 8 heavy (non-hydrogen) atoms. The molecule has 0 saturated heterocycles. The molecular weight excluding hydrogens is 102 g/mol. The van der Waals surface area contributed by atoms with E-state index in [1.807, 2.05) is 30.6 Å². The Balaban J connectivity index is 2.83. The molecule has 1 aromatic heterocycles. The van der Waals surface area contributed by atoms with Crippen LogP contribution >= 0.6 is 0 Å². The number of rotatable bonds is 1. The monoisotopic (exact) mass is 110 g/mol. The minimum absolute atomic E-state index is 1.62. The van der Waals surface area contributed by atoms with E-state index in [2.05, 4.69) is 0 Å². The average Bonchev–Trinajstić information content (AvgIpc) is 1.90. The maximum atomic E-state index is 4.83. The Morgan fingerprint density at radius 1 is 1.12 bits per heavy atom. The van der Waals surface area contributed by atoms with Gasteiger partial charge < -0.3 is 0 Å². The Morgan fingerprint density at radius 3 is 2.12 bits per heavy atom. The number of aromatic nitrogens is 1. The summed E-state index contributed by atoms with van der Waals surface area (Å²) in [4.78, 5) is 4.83. The van der Waals surface area contributed by atoms with Crippen molar-refractivity contribution in [3.8, 4) is 0 Å². The van der Waals surface area contributed by atoms with Crippen molar-refractivity contribution in [2.75, 3.05) is 7.11 Å². The van der Waals surface area contributed by atoms with Crippen LogP contribution in [0, 0.1) is 0 Å². The molecule has 2 heteroatoms. The van der Waals surface area contributed by atoms with Gasteiger partial charge in [-0.25, -0.2) is 0 Å². The summed E-state index contributed by atoms with van der Waals surface area (Å²) < 4.78 is 1.62. The van der Waals surface area contributed by atoms with Gasteiger partial charge in [-0.15, -0.1) is 0 Å². The SMILES string of the molecule is CO[n+]1ccccc1. The van der Waals surface area contributed by atoms with Crippen LogP contribution in [-0.4, -0.2) is 7.11 Å². The molecule has 1 rings (SSSR count). The number of nitrogens with zero attached hydrogens (tertiary/aromatic N) is 1. The maximum absolute atomic E-state index is 4.83. The highest BCUT2D eigenvalue weighted by Crippen LogP contribution is 1.72. The van der Waals surface area contributed by atoms with Crippen LogP contribution in [0.25, 0.3) is 0 Å². The lowest BCUT2D eigenvalue weighted by Crippen LogP contribution is -2.38. The Labute approximate surface area is 48.3 Å². The van der Waals surface area contributed by atoms with Gasteiger partial charge in [-0.1, -0.05) is 6.07 Å². The molecule has 1 aromatic rings. The molecule has 0 atom stereocenters. The van der Waals surface area contributed by atoms with Gasteiger partial charge in [-0.05, 0) is 0 Å². The first kappa shape index (κ1) is 5.09. The fourth-order valence-corrected chi connectivity index (χ4v) is 0.505. The van der Waals surface area contributed by atoms with Gasteiger partial charge in [0.25, 0.3) is 0 Å². The second-order valence-corrected chi connectivity index (χ2v) is 1.42. The zero-order valence-electron chi connectivity index (χ0n) is 4.74. The summed E-state index contributed by atoms with van der Waals surface area (Å²) in [6.07, 6.45) is 3.67. The summed E-state index contributed by atoms with van der Waals surface area (Å²) in [7, 11) is 1.62. The molecule has 0 radical (unpaired) electrons.